The van der Waals surface area contributed by atoms with Crippen molar-refractivity contribution in [2.45, 2.75) is 37.8 Å². The molecule has 102 valence electrons. The molecule has 1 aromatic rings. The zero-order chi connectivity index (χ0) is 13.5. The van der Waals surface area contributed by atoms with Gasteiger partial charge in [0.25, 0.3) is 5.91 Å². The number of hydrogen-bond acceptors (Lipinski definition) is 2. The van der Waals surface area contributed by atoms with E-state index in [9.17, 15) is 4.79 Å². The van der Waals surface area contributed by atoms with Crippen molar-refractivity contribution in [3.05, 3.63) is 34.9 Å². The number of ether oxygens (including phenoxy) is 1. The number of carbonyl (C=O) groups is 1. The summed E-state index contributed by atoms with van der Waals surface area (Å²) in [4.78, 5) is 14.3. The Balaban J connectivity index is 1.78. The number of epoxide rings is 1. The minimum atomic E-state index is -0.184. The molecule has 2 aliphatic heterocycles. The lowest BCUT2D eigenvalue weighted by atomic mass is 9.90. The fourth-order valence-electron chi connectivity index (χ4n) is 3.03. The Morgan fingerprint density at radius 1 is 1.58 bits per heavy atom. The maximum atomic E-state index is 12.3. The molecular weight excluding hydrogens is 262 g/mol. The molecule has 0 spiro atoms. The van der Waals surface area contributed by atoms with Gasteiger partial charge in [-0.3, -0.25) is 4.79 Å². The van der Waals surface area contributed by atoms with Crippen molar-refractivity contribution in [2.24, 2.45) is 0 Å². The molecule has 3 rings (SSSR count). The highest BCUT2D eigenvalue weighted by Gasteiger charge is 2.45. The molecule has 2 unspecified atom stereocenters. The van der Waals surface area contributed by atoms with Crippen molar-refractivity contribution >= 4 is 17.5 Å². The highest BCUT2D eigenvalue weighted by Crippen LogP contribution is 2.34. The van der Waals surface area contributed by atoms with Crippen LogP contribution in [0.2, 0.25) is 5.02 Å². The van der Waals surface area contributed by atoms with E-state index in [1.165, 1.54) is 5.56 Å². The highest BCUT2D eigenvalue weighted by atomic mass is 35.5. The Hall–Kier alpha value is -1.06. The maximum absolute atomic E-state index is 12.3. The summed E-state index contributed by atoms with van der Waals surface area (Å²) >= 11 is 6.03. The molecule has 0 bridgehead atoms. The van der Waals surface area contributed by atoms with Gasteiger partial charge in [-0.15, -0.1) is 0 Å². The fourth-order valence-corrected chi connectivity index (χ4v) is 3.25. The van der Waals surface area contributed by atoms with Crippen LogP contribution in [0.25, 0.3) is 0 Å². The molecule has 2 saturated heterocycles. The van der Waals surface area contributed by atoms with Crippen LogP contribution in [0.5, 0.6) is 0 Å². The van der Waals surface area contributed by atoms with Crippen LogP contribution < -0.4 is 0 Å². The van der Waals surface area contributed by atoms with E-state index in [0.29, 0.717) is 6.61 Å². The summed E-state index contributed by atoms with van der Waals surface area (Å²) in [6.07, 6.45) is 2.77. The summed E-state index contributed by atoms with van der Waals surface area (Å²) in [5.74, 6) is 0.155. The van der Waals surface area contributed by atoms with Gasteiger partial charge in [0.1, 0.15) is 0 Å². The normalized spacial score (nSPS) is 29.6. The smallest absolute Gasteiger partial charge is 0.254 e. The zero-order valence-corrected chi connectivity index (χ0v) is 11.8. The van der Waals surface area contributed by atoms with Gasteiger partial charge in [-0.05, 0) is 43.9 Å². The number of halogens is 1. The van der Waals surface area contributed by atoms with Crippen LogP contribution in [0.4, 0.5) is 0 Å². The second-order valence-electron chi connectivity index (χ2n) is 5.72. The van der Waals surface area contributed by atoms with Crippen molar-refractivity contribution in [1.82, 2.24) is 4.90 Å². The summed E-state index contributed by atoms with van der Waals surface area (Å²) in [7, 11) is 0. The van der Waals surface area contributed by atoms with Crippen LogP contribution in [0.15, 0.2) is 24.3 Å². The van der Waals surface area contributed by atoms with Gasteiger partial charge in [-0.2, -0.15) is 0 Å². The van der Waals surface area contributed by atoms with Crippen LogP contribution in [0, 0.1) is 0 Å². The molecule has 0 radical (unpaired) electrons. The average Bonchev–Trinajstić information content (AvgIpc) is 3.13. The first-order valence-corrected chi connectivity index (χ1v) is 7.14. The van der Waals surface area contributed by atoms with Gasteiger partial charge in [0, 0.05) is 17.1 Å². The van der Waals surface area contributed by atoms with E-state index >= 15 is 0 Å². The van der Waals surface area contributed by atoms with Gasteiger partial charge >= 0.3 is 0 Å². The van der Waals surface area contributed by atoms with Crippen molar-refractivity contribution < 1.29 is 9.53 Å². The molecule has 0 N–H and O–H groups in total. The van der Waals surface area contributed by atoms with Gasteiger partial charge in [0.05, 0.1) is 6.61 Å². The van der Waals surface area contributed by atoms with Crippen molar-refractivity contribution in [3.63, 3.8) is 0 Å². The minimum absolute atomic E-state index is 0.103. The third-order valence-electron chi connectivity index (χ3n) is 4.10. The molecule has 0 aromatic heterocycles. The first kappa shape index (κ1) is 12.9. The highest BCUT2D eigenvalue weighted by molar-refractivity contribution is 6.30. The van der Waals surface area contributed by atoms with Crippen LogP contribution in [0.3, 0.4) is 0 Å². The topological polar surface area (TPSA) is 32.8 Å². The summed E-state index contributed by atoms with van der Waals surface area (Å²) < 4.78 is 5.13. The number of carbonyl (C=O) groups excluding carboxylic acids is 1. The number of rotatable bonds is 3. The fraction of sp³-hybridized carbons (Fsp3) is 0.533. The molecule has 4 heteroatoms. The van der Waals surface area contributed by atoms with Gasteiger partial charge in [0.15, 0.2) is 6.10 Å². The average molecular weight is 280 g/mol. The van der Waals surface area contributed by atoms with Gasteiger partial charge in [0.2, 0.25) is 0 Å². The monoisotopic (exact) mass is 279 g/mol. The third-order valence-corrected chi connectivity index (χ3v) is 4.33. The molecule has 1 amide bonds. The minimum Gasteiger partial charge on any atom is -0.363 e. The Kier molecular flexibility index (Phi) is 3.27. The lowest BCUT2D eigenvalue weighted by molar-refractivity contribution is -0.136. The van der Waals surface area contributed by atoms with Crippen LogP contribution in [-0.2, 0) is 16.0 Å². The van der Waals surface area contributed by atoms with E-state index in [1.54, 1.807) is 0 Å². The van der Waals surface area contributed by atoms with Crippen molar-refractivity contribution in [1.29, 1.82) is 0 Å². The standard InChI is InChI=1S/C15H18ClNO2/c1-15(9-11-4-2-5-12(16)8-11)6-3-7-17(15)14(18)13-10-19-13/h2,4-5,8,13H,3,6-7,9-10H2,1H3. The number of benzene rings is 1. The molecular formula is C15H18ClNO2. The molecule has 19 heavy (non-hydrogen) atoms. The predicted octanol–water partition coefficient (Wildman–Crippen LogP) is 2.66. The lowest BCUT2D eigenvalue weighted by Gasteiger charge is -2.35. The van der Waals surface area contributed by atoms with Gasteiger partial charge in [-0.1, -0.05) is 23.7 Å². The first-order chi connectivity index (χ1) is 9.08. The Morgan fingerprint density at radius 2 is 2.37 bits per heavy atom. The maximum Gasteiger partial charge on any atom is 0.254 e. The van der Waals surface area contributed by atoms with E-state index in [1.807, 2.05) is 23.1 Å². The molecule has 1 aromatic carbocycles. The molecule has 3 nitrogen and oxygen atoms in total. The Morgan fingerprint density at radius 3 is 3.05 bits per heavy atom. The Bertz CT molecular complexity index is 501. The van der Waals surface area contributed by atoms with E-state index in [4.69, 9.17) is 16.3 Å². The molecule has 2 fully saturated rings. The number of likely N-dealkylation sites (tertiary alicyclic amines) is 1. The van der Waals surface area contributed by atoms with E-state index < -0.39 is 0 Å². The SMILES string of the molecule is CC1(Cc2cccc(Cl)c2)CCCN1C(=O)C1CO1. The van der Waals surface area contributed by atoms with Crippen molar-refractivity contribution in [3.8, 4) is 0 Å². The van der Waals surface area contributed by atoms with E-state index in [2.05, 4.69) is 13.0 Å². The third kappa shape index (κ3) is 2.63. The molecule has 0 aliphatic carbocycles. The molecule has 2 heterocycles. The zero-order valence-electron chi connectivity index (χ0n) is 11.1. The molecule has 0 saturated carbocycles. The molecule has 2 atom stereocenters. The summed E-state index contributed by atoms with van der Waals surface area (Å²) in [5, 5.41) is 0.752. The summed E-state index contributed by atoms with van der Waals surface area (Å²) in [6, 6.07) is 7.91. The number of amides is 1. The predicted molar refractivity (Wildman–Crippen MR) is 74.2 cm³/mol. The Labute approximate surface area is 118 Å². The second-order valence-corrected chi connectivity index (χ2v) is 6.16. The second kappa shape index (κ2) is 4.80. The van der Waals surface area contributed by atoms with Crippen LogP contribution in [-0.4, -0.2) is 35.6 Å². The largest absolute Gasteiger partial charge is 0.363 e. The quantitative estimate of drug-likeness (QED) is 0.797. The van der Waals surface area contributed by atoms with Crippen LogP contribution >= 0.6 is 11.6 Å². The summed E-state index contributed by atoms with van der Waals surface area (Å²) in [6.45, 7) is 3.60. The summed E-state index contributed by atoms with van der Waals surface area (Å²) in [5.41, 5.74) is 1.08. The lowest BCUT2D eigenvalue weighted by Crippen LogP contribution is -2.48. The van der Waals surface area contributed by atoms with E-state index in [-0.39, 0.29) is 17.6 Å². The van der Waals surface area contributed by atoms with Gasteiger partial charge < -0.3 is 9.64 Å². The van der Waals surface area contributed by atoms with E-state index in [0.717, 1.165) is 30.8 Å². The first-order valence-electron chi connectivity index (χ1n) is 6.76. The van der Waals surface area contributed by atoms with Gasteiger partial charge in [-0.25, -0.2) is 0 Å². The number of hydrogen-bond donors (Lipinski definition) is 0. The van der Waals surface area contributed by atoms with Crippen LogP contribution in [0.1, 0.15) is 25.3 Å². The van der Waals surface area contributed by atoms with Crippen molar-refractivity contribution in [2.75, 3.05) is 13.2 Å². The molecule has 2 aliphatic rings. The number of nitrogens with zero attached hydrogens (tertiary/aromatic N) is 1.